The van der Waals surface area contributed by atoms with Crippen LogP contribution in [0.15, 0.2) is 47.1 Å². The zero-order valence-electron chi connectivity index (χ0n) is 11.7. The van der Waals surface area contributed by atoms with Crippen LogP contribution >= 0.6 is 0 Å². The van der Waals surface area contributed by atoms with Gasteiger partial charge in [0.15, 0.2) is 11.5 Å². The van der Waals surface area contributed by atoms with E-state index in [1.165, 1.54) is 6.07 Å². The lowest BCUT2D eigenvalue weighted by Crippen LogP contribution is -2.04. The fraction of sp³-hybridized carbons (Fsp3) is 0.125. The fourth-order valence-electron chi connectivity index (χ4n) is 2.31. The van der Waals surface area contributed by atoms with E-state index in [0.29, 0.717) is 11.5 Å². The van der Waals surface area contributed by atoms with Crippen molar-refractivity contribution in [2.75, 3.05) is 0 Å². The first-order chi connectivity index (χ1) is 10.1. The number of rotatable bonds is 3. The van der Waals surface area contributed by atoms with Gasteiger partial charge in [-0.2, -0.15) is 5.10 Å². The second-order valence-corrected chi connectivity index (χ2v) is 4.90. The minimum Gasteiger partial charge on any atom is -0.476 e. The van der Waals surface area contributed by atoms with Gasteiger partial charge in [-0.1, -0.05) is 17.7 Å². The molecule has 2 heterocycles. The van der Waals surface area contributed by atoms with Gasteiger partial charge in [0.25, 0.3) is 0 Å². The van der Waals surface area contributed by atoms with E-state index < -0.39 is 5.97 Å². The van der Waals surface area contributed by atoms with E-state index in [4.69, 9.17) is 4.42 Å². The molecule has 0 fully saturated rings. The number of hydrogen-bond donors (Lipinski definition) is 1. The number of aromatic carboxylic acids is 1. The first kappa shape index (κ1) is 13.2. The van der Waals surface area contributed by atoms with E-state index in [1.807, 2.05) is 32.0 Å². The lowest BCUT2D eigenvalue weighted by molar-refractivity contribution is 0.0690. The van der Waals surface area contributed by atoms with Gasteiger partial charge in [0.1, 0.15) is 5.69 Å². The maximum absolute atomic E-state index is 11.2. The highest BCUT2D eigenvalue weighted by molar-refractivity contribution is 5.87. The fourth-order valence-corrected chi connectivity index (χ4v) is 2.31. The summed E-state index contributed by atoms with van der Waals surface area (Å²) in [5, 5.41) is 13.4. The monoisotopic (exact) mass is 282 g/mol. The van der Waals surface area contributed by atoms with Gasteiger partial charge in [-0.3, -0.25) is 0 Å². The molecule has 0 aliphatic heterocycles. The number of carboxylic acids is 1. The molecule has 1 aromatic carbocycles. The lowest BCUT2D eigenvalue weighted by atomic mass is 10.1. The molecule has 0 spiro atoms. The minimum atomic E-state index is -1.06. The van der Waals surface area contributed by atoms with Crippen LogP contribution in [0.25, 0.3) is 17.1 Å². The number of furan rings is 1. The van der Waals surface area contributed by atoms with E-state index in [0.717, 1.165) is 16.8 Å². The quantitative estimate of drug-likeness (QED) is 0.799. The van der Waals surface area contributed by atoms with E-state index in [9.17, 15) is 9.90 Å². The second-order valence-electron chi connectivity index (χ2n) is 4.90. The predicted octanol–water partition coefficient (Wildman–Crippen LogP) is 3.45. The van der Waals surface area contributed by atoms with E-state index in [2.05, 4.69) is 5.10 Å². The molecule has 0 saturated carbocycles. The average molecular weight is 282 g/mol. The van der Waals surface area contributed by atoms with Gasteiger partial charge in [0.05, 0.1) is 12.0 Å². The smallest absolute Gasteiger partial charge is 0.356 e. The second kappa shape index (κ2) is 4.94. The Morgan fingerprint density at radius 1 is 1.24 bits per heavy atom. The molecule has 3 rings (SSSR count). The summed E-state index contributed by atoms with van der Waals surface area (Å²) in [7, 11) is 0. The molecule has 5 heteroatoms. The maximum Gasteiger partial charge on any atom is 0.356 e. The Bertz CT molecular complexity index is 801. The average Bonchev–Trinajstić information content (AvgIpc) is 3.07. The van der Waals surface area contributed by atoms with E-state index >= 15 is 0 Å². The Morgan fingerprint density at radius 2 is 2.05 bits per heavy atom. The van der Waals surface area contributed by atoms with Gasteiger partial charge in [0.2, 0.25) is 0 Å². The predicted molar refractivity (Wildman–Crippen MR) is 77.7 cm³/mol. The van der Waals surface area contributed by atoms with Crippen LogP contribution in [0.3, 0.4) is 0 Å². The third-order valence-corrected chi connectivity index (χ3v) is 3.28. The van der Waals surface area contributed by atoms with Gasteiger partial charge in [-0.05, 0) is 37.6 Å². The van der Waals surface area contributed by atoms with Crippen LogP contribution in [0.4, 0.5) is 0 Å². The molecule has 0 unspecified atom stereocenters. The summed E-state index contributed by atoms with van der Waals surface area (Å²) in [6, 6.07) is 11.0. The summed E-state index contributed by atoms with van der Waals surface area (Å²) in [4.78, 5) is 11.2. The zero-order chi connectivity index (χ0) is 15.0. The number of aryl methyl sites for hydroxylation is 2. The highest BCUT2D eigenvalue weighted by Crippen LogP contribution is 2.26. The van der Waals surface area contributed by atoms with Crippen molar-refractivity contribution in [1.82, 2.24) is 9.78 Å². The molecular weight excluding hydrogens is 268 g/mol. The number of aromatic nitrogens is 2. The van der Waals surface area contributed by atoms with Crippen molar-refractivity contribution in [3.05, 3.63) is 59.5 Å². The van der Waals surface area contributed by atoms with Crippen LogP contribution in [0.1, 0.15) is 21.6 Å². The summed E-state index contributed by atoms with van der Waals surface area (Å²) in [6.45, 7) is 3.98. The molecule has 3 aromatic rings. The third-order valence-electron chi connectivity index (χ3n) is 3.28. The molecular formula is C16H14N2O3. The van der Waals surface area contributed by atoms with Crippen LogP contribution in [-0.4, -0.2) is 20.9 Å². The van der Waals surface area contributed by atoms with Gasteiger partial charge in [-0.25, -0.2) is 9.48 Å². The van der Waals surface area contributed by atoms with Crippen molar-refractivity contribution in [3.63, 3.8) is 0 Å². The molecule has 1 N–H and O–H groups in total. The molecule has 0 atom stereocenters. The molecule has 5 nitrogen and oxygen atoms in total. The Labute approximate surface area is 121 Å². The van der Waals surface area contributed by atoms with Gasteiger partial charge >= 0.3 is 5.97 Å². The highest BCUT2D eigenvalue weighted by atomic mass is 16.4. The molecule has 0 aliphatic rings. The molecule has 21 heavy (non-hydrogen) atoms. The first-order valence-electron chi connectivity index (χ1n) is 6.51. The number of benzene rings is 1. The molecule has 0 radical (unpaired) electrons. The van der Waals surface area contributed by atoms with Gasteiger partial charge in [0, 0.05) is 6.07 Å². The van der Waals surface area contributed by atoms with Crippen molar-refractivity contribution in [1.29, 1.82) is 0 Å². The topological polar surface area (TPSA) is 68.3 Å². The first-order valence-corrected chi connectivity index (χ1v) is 6.51. The Hall–Kier alpha value is -2.82. The SMILES string of the molecule is Cc1ccc(-n2nc(C(=O)O)cc2-c2ccco2)c(C)c1. The van der Waals surface area contributed by atoms with Crippen LogP contribution in [0.5, 0.6) is 0 Å². The molecule has 0 saturated heterocycles. The summed E-state index contributed by atoms with van der Waals surface area (Å²) in [5.41, 5.74) is 3.59. The number of nitrogens with zero attached hydrogens (tertiary/aromatic N) is 2. The summed E-state index contributed by atoms with van der Waals surface area (Å²) >= 11 is 0. The summed E-state index contributed by atoms with van der Waals surface area (Å²) in [5.74, 6) is -0.485. The van der Waals surface area contributed by atoms with Crippen molar-refractivity contribution in [3.8, 4) is 17.1 Å². The Balaban J connectivity index is 2.23. The zero-order valence-corrected chi connectivity index (χ0v) is 11.7. The highest BCUT2D eigenvalue weighted by Gasteiger charge is 2.18. The van der Waals surface area contributed by atoms with Crippen LogP contribution in [0, 0.1) is 13.8 Å². The van der Waals surface area contributed by atoms with E-state index in [1.54, 1.807) is 23.1 Å². The summed E-state index contributed by atoms with van der Waals surface area (Å²) < 4.78 is 6.99. The van der Waals surface area contributed by atoms with Crippen LogP contribution in [0.2, 0.25) is 0 Å². The van der Waals surface area contributed by atoms with Crippen LogP contribution in [-0.2, 0) is 0 Å². The Morgan fingerprint density at radius 3 is 2.67 bits per heavy atom. The molecule has 106 valence electrons. The molecule has 0 bridgehead atoms. The standard InChI is InChI=1S/C16H14N2O3/c1-10-5-6-13(11(2)8-10)18-14(15-4-3-7-21-15)9-12(17-18)16(19)20/h3-9H,1-2H3,(H,19,20). The Kier molecular flexibility index (Phi) is 3.10. The van der Waals surface area contributed by atoms with Crippen LogP contribution < -0.4 is 0 Å². The number of carboxylic acid groups (broad SMARTS) is 1. The van der Waals surface area contributed by atoms with Crippen molar-refractivity contribution in [2.24, 2.45) is 0 Å². The van der Waals surface area contributed by atoms with Crippen molar-refractivity contribution < 1.29 is 14.3 Å². The summed E-state index contributed by atoms with van der Waals surface area (Å²) in [6.07, 6.45) is 1.55. The molecule has 0 aliphatic carbocycles. The van der Waals surface area contributed by atoms with E-state index in [-0.39, 0.29) is 5.69 Å². The van der Waals surface area contributed by atoms with Crippen molar-refractivity contribution in [2.45, 2.75) is 13.8 Å². The van der Waals surface area contributed by atoms with Gasteiger partial charge < -0.3 is 9.52 Å². The number of hydrogen-bond acceptors (Lipinski definition) is 3. The number of carbonyl (C=O) groups is 1. The van der Waals surface area contributed by atoms with Crippen molar-refractivity contribution >= 4 is 5.97 Å². The molecule has 0 amide bonds. The maximum atomic E-state index is 11.2. The normalized spacial score (nSPS) is 10.8. The minimum absolute atomic E-state index is 0.0126. The largest absolute Gasteiger partial charge is 0.476 e. The third kappa shape index (κ3) is 2.33. The molecule has 2 aromatic heterocycles. The van der Waals surface area contributed by atoms with Gasteiger partial charge in [-0.15, -0.1) is 0 Å². The lowest BCUT2D eigenvalue weighted by Gasteiger charge is -2.09.